The molecule has 0 fully saturated rings. The molecule has 0 radical (unpaired) electrons. The maximum Gasteiger partial charge on any atom is 1.00 e. The molecule has 0 saturated carbocycles. The molecule has 0 aromatic carbocycles. The van der Waals surface area contributed by atoms with Gasteiger partial charge in [0.2, 0.25) is 4.38 Å². The molecule has 0 atom stereocenters. The molecule has 0 aliphatic rings. The molecule has 50 valence electrons. The standard InChI is InChI=1S/C4H8OS2.Na.H2O/c1-3(2)5-4(6)7;;/h3H,1-2H3,(H,6,7);;1H2/q;+1;/p-1. The van der Waals surface area contributed by atoms with E-state index in [9.17, 15) is 0 Å². The number of rotatable bonds is 1. The zero-order chi connectivity index (χ0) is 5.86. The monoisotopic (exact) mass is 176 g/mol. The summed E-state index contributed by atoms with van der Waals surface area (Å²) in [6, 6.07) is 0. The Labute approximate surface area is 88.4 Å². The van der Waals surface area contributed by atoms with Gasteiger partial charge >= 0.3 is 29.6 Å². The average molecular weight is 176 g/mol. The van der Waals surface area contributed by atoms with E-state index in [-0.39, 0.29) is 41.1 Å². The fraction of sp³-hybridized carbons (Fsp3) is 0.750. The van der Waals surface area contributed by atoms with Crippen molar-refractivity contribution in [1.82, 2.24) is 0 Å². The van der Waals surface area contributed by atoms with Gasteiger partial charge in [0, 0.05) is 0 Å². The molecule has 0 aliphatic carbocycles. The molecule has 2 nitrogen and oxygen atoms in total. The molecule has 1 N–H and O–H groups in total. The summed E-state index contributed by atoms with van der Waals surface area (Å²) < 4.78 is 5.16. The molecule has 0 rings (SSSR count). The van der Waals surface area contributed by atoms with Crippen LogP contribution < -0.4 is 29.6 Å². The van der Waals surface area contributed by atoms with Gasteiger partial charge in [0.25, 0.3) is 0 Å². The van der Waals surface area contributed by atoms with Crippen LogP contribution in [0.1, 0.15) is 13.8 Å². The van der Waals surface area contributed by atoms with Crippen LogP contribution in [0.4, 0.5) is 0 Å². The number of thiol groups is 1. The van der Waals surface area contributed by atoms with Gasteiger partial charge in [-0.1, -0.05) is 12.6 Å². The first-order valence-electron chi connectivity index (χ1n) is 2.02. The van der Waals surface area contributed by atoms with Crippen molar-refractivity contribution in [2.24, 2.45) is 0 Å². The van der Waals surface area contributed by atoms with Crippen LogP contribution in [0.5, 0.6) is 0 Å². The normalized spacial score (nSPS) is 7.11. The van der Waals surface area contributed by atoms with Crippen LogP contribution in [0, 0.1) is 0 Å². The zero-order valence-corrected chi connectivity index (χ0v) is 9.50. The van der Waals surface area contributed by atoms with Gasteiger partial charge in [-0.25, -0.2) is 0 Å². The smallest absolute Gasteiger partial charge is 0.870 e. The quantitative estimate of drug-likeness (QED) is 0.299. The van der Waals surface area contributed by atoms with Gasteiger partial charge < -0.3 is 10.2 Å². The van der Waals surface area contributed by atoms with Gasteiger partial charge in [0.1, 0.15) is 0 Å². The van der Waals surface area contributed by atoms with E-state index in [1.54, 1.807) is 0 Å². The Kier molecular flexibility index (Phi) is 17.0. The predicted molar refractivity (Wildman–Crippen MR) is 39.7 cm³/mol. The van der Waals surface area contributed by atoms with Gasteiger partial charge in [0.15, 0.2) is 0 Å². The second kappa shape index (κ2) is 9.20. The first-order chi connectivity index (χ1) is 3.13. The van der Waals surface area contributed by atoms with Gasteiger partial charge in [-0.15, -0.1) is 0 Å². The van der Waals surface area contributed by atoms with Crippen LogP contribution in [0.2, 0.25) is 0 Å². The van der Waals surface area contributed by atoms with Crippen molar-refractivity contribution >= 4 is 29.2 Å². The first kappa shape index (κ1) is 16.7. The molecule has 0 saturated heterocycles. The molecule has 0 unspecified atom stereocenters. The van der Waals surface area contributed by atoms with E-state index >= 15 is 0 Å². The van der Waals surface area contributed by atoms with Crippen LogP contribution in [0.3, 0.4) is 0 Å². The Morgan fingerprint density at radius 3 is 1.89 bits per heavy atom. The van der Waals surface area contributed by atoms with Crippen molar-refractivity contribution in [3.8, 4) is 0 Å². The van der Waals surface area contributed by atoms with E-state index in [0.29, 0.717) is 4.38 Å². The fourth-order valence-electron chi connectivity index (χ4n) is 0.202. The summed E-state index contributed by atoms with van der Waals surface area (Å²) in [6.45, 7) is 3.81. The molecule has 0 heterocycles. The number of hydrogen-bond acceptors (Lipinski definition) is 3. The molecule has 0 aromatic heterocycles. The Morgan fingerprint density at radius 2 is 1.89 bits per heavy atom. The summed E-state index contributed by atoms with van der Waals surface area (Å²) in [5.74, 6) is 0. The largest absolute Gasteiger partial charge is 1.00 e. The Hall–Kier alpha value is 1.20. The van der Waals surface area contributed by atoms with E-state index < -0.39 is 0 Å². The first-order valence-corrected chi connectivity index (χ1v) is 2.88. The molecule has 5 heteroatoms. The van der Waals surface area contributed by atoms with Crippen LogP contribution >= 0.6 is 24.8 Å². The van der Waals surface area contributed by atoms with Crippen LogP contribution in [-0.4, -0.2) is 16.0 Å². The minimum atomic E-state index is 0. The second-order valence-corrected chi connectivity index (χ2v) is 2.51. The van der Waals surface area contributed by atoms with E-state index in [0.717, 1.165) is 0 Å². The third kappa shape index (κ3) is 17.6. The minimum absolute atomic E-state index is 0. The van der Waals surface area contributed by atoms with Crippen molar-refractivity contribution in [3.05, 3.63) is 0 Å². The summed E-state index contributed by atoms with van der Waals surface area (Å²) in [5.41, 5.74) is 0. The topological polar surface area (TPSA) is 39.2 Å². The van der Waals surface area contributed by atoms with Crippen LogP contribution in [0.25, 0.3) is 0 Å². The molecule has 0 amide bonds. The molecule has 0 aliphatic heterocycles. The zero-order valence-electron chi connectivity index (χ0n) is 5.79. The van der Waals surface area contributed by atoms with Crippen molar-refractivity contribution in [3.63, 3.8) is 0 Å². The third-order valence-electron chi connectivity index (χ3n) is 0.337. The molecule has 0 bridgehead atoms. The van der Waals surface area contributed by atoms with Crippen molar-refractivity contribution in [2.75, 3.05) is 0 Å². The van der Waals surface area contributed by atoms with Crippen LogP contribution in [-0.2, 0) is 4.74 Å². The predicted octanol–water partition coefficient (Wildman–Crippen LogP) is -1.55. The summed E-state index contributed by atoms with van der Waals surface area (Å²) in [6.07, 6.45) is 0.157. The Morgan fingerprint density at radius 1 is 1.56 bits per heavy atom. The van der Waals surface area contributed by atoms with Gasteiger partial charge in [-0.05, 0) is 26.1 Å². The summed E-state index contributed by atoms with van der Waals surface area (Å²) in [4.78, 5) is 0. The molecule has 0 spiro atoms. The second-order valence-electron chi connectivity index (χ2n) is 1.43. The van der Waals surface area contributed by atoms with Crippen molar-refractivity contribution in [2.45, 2.75) is 20.0 Å². The van der Waals surface area contributed by atoms with Crippen molar-refractivity contribution in [1.29, 1.82) is 0 Å². The Balaban J connectivity index is -0.000000180. The maximum absolute atomic E-state index is 4.85. The molecule has 9 heavy (non-hydrogen) atoms. The third-order valence-corrected chi connectivity index (χ3v) is 0.538. The van der Waals surface area contributed by atoms with Gasteiger partial charge in [-0.3, -0.25) is 0 Å². The van der Waals surface area contributed by atoms with E-state index in [4.69, 9.17) is 4.74 Å². The fourth-order valence-corrected chi connectivity index (χ4v) is 0.605. The summed E-state index contributed by atoms with van der Waals surface area (Å²) in [5, 5.41) is 0. The molecular formula is C4H9NaO2S2. The van der Waals surface area contributed by atoms with Crippen molar-refractivity contribution < 1.29 is 39.8 Å². The molecule has 0 aromatic rings. The Bertz CT molecular complexity index is 77.0. The maximum atomic E-state index is 4.85. The van der Waals surface area contributed by atoms with Gasteiger partial charge in [-0.2, -0.15) is 0 Å². The van der Waals surface area contributed by atoms with E-state index in [1.165, 1.54) is 0 Å². The van der Waals surface area contributed by atoms with Crippen LogP contribution in [0.15, 0.2) is 0 Å². The minimum Gasteiger partial charge on any atom is -0.870 e. The number of hydrogen-bond donors (Lipinski definition) is 1. The summed E-state index contributed by atoms with van der Waals surface area (Å²) in [7, 11) is 0. The SMILES string of the molecule is CC(C)OC(=S)S.[Na+].[OH-]. The average Bonchev–Trinajstić information content (AvgIpc) is 1.27. The number of thiocarbonyl (C=S) groups is 1. The number of ether oxygens (including phenoxy) is 1. The van der Waals surface area contributed by atoms with E-state index in [1.807, 2.05) is 13.8 Å². The molecular weight excluding hydrogens is 167 g/mol. The summed E-state index contributed by atoms with van der Waals surface area (Å²) >= 11 is 8.26. The van der Waals surface area contributed by atoms with E-state index in [2.05, 4.69) is 24.8 Å². The van der Waals surface area contributed by atoms with Gasteiger partial charge in [0.05, 0.1) is 6.10 Å².